The van der Waals surface area contributed by atoms with Gasteiger partial charge in [-0.3, -0.25) is 14.5 Å². The van der Waals surface area contributed by atoms with Gasteiger partial charge in [0.1, 0.15) is 16.3 Å². The predicted molar refractivity (Wildman–Crippen MR) is 92.9 cm³/mol. The lowest BCUT2D eigenvalue weighted by Gasteiger charge is -2.30. The summed E-state index contributed by atoms with van der Waals surface area (Å²) in [6, 6.07) is 3.17. The Morgan fingerprint density at radius 3 is 2.73 bits per heavy atom. The Hall–Kier alpha value is -2.46. The number of nitrogens with two attached hydrogens (primary N) is 1. The Balaban J connectivity index is 1.54. The first-order valence-electron chi connectivity index (χ1n) is 8.23. The molecule has 0 aliphatic carbocycles. The third-order valence-corrected chi connectivity index (χ3v) is 6.21. The first-order chi connectivity index (χ1) is 12.4. The van der Waals surface area contributed by atoms with Crippen molar-refractivity contribution in [1.82, 2.24) is 19.1 Å². The maximum Gasteiger partial charge on any atom is 0.267 e. The molecule has 3 rings (SSSR count). The van der Waals surface area contributed by atoms with Crippen molar-refractivity contribution in [3.8, 4) is 5.75 Å². The fraction of sp³-hybridized carbons (Fsp3) is 0.438. The maximum absolute atomic E-state index is 12.6. The summed E-state index contributed by atoms with van der Waals surface area (Å²) in [5.74, 6) is 0.157. The lowest BCUT2D eigenvalue weighted by molar-refractivity contribution is 0.0995. The maximum atomic E-state index is 12.6. The van der Waals surface area contributed by atoms with Gasteiger partial charge in [-0.15, -0.1) is 0 Å². The Morgan fingerprint density at radius 1 is 1.38 bits per heavy atom. The lowest BCUT2D eigenvalue weighted by atomic mass is 9.99. The van der Waals surface area contributed by atoms with Gasteiger partial charge in [-0.2, -0.15) is 9.40 Å². The molecule has 26 heavy (non-hydrogen) atoms. The summed E-state index contributed by atoms with van der Waals surface area (Å²) in [6.45, 7) is 1.32. The van der Waals surface area contributed by atoms with E-state index in [-0.39, 0.29) is 16.5 Å². The van der Waals surface area contributed by atoms with Gasteiger partial charge < -0.3 is 10.5 Å². The van der Waals surface area contributed by atoms with Crippen molar-refractivity contribution in [3.63, 3.8) is 0 Å². The van der Waals surface area contributed by atoms with E-state index >= 15 is 0 Å². The van der Waals surface area contributed by atoms with E-state index in [0.29, 0.717) is 38.3 Å². The van der Waals surface area contributed by atoms with E-state index in [4.69, 9.17) is 10.5 Å². The molecule has 2 N–H and O–H groups in total. The van der Waals surface area contributed by atoms with Crippen LogP contribution < -0.4 is 10.5 Å². The number of aromatic nitrogens is 3. The van der Waals surface area contributed by atoms with Crippen molar-refractivity contribution in [2.24, 2.45) is 18.7 Å². The zero-order valence-electron chi connectivity index (χ0n) is 14.4. The van der Waals surface area contributed by atoms with E-state index in [0.717, 1.165) is 0 Å². The minimum Gasteiger partial charge on any atom is -0.493 e. The summed E-state index contributed by atoms with van der Waals surface area (Å²) in [6.07, 6.45) is 5.74. The smallest absolute Gasteiger partial charge is 0.267 e. The Kier molecular flexibility index (Phi) is 5.23. The zero-order valence-corrected chi connectivity index (χ0v) is 15.2. The Bertz CT molecular complexity index is 888. The molecule has 9 nitrogen and oxygen atoms in total. The van der Waals surface area contributed by atoms with Crippen LogP contribution in [0.1, 0.15) is 23.3 Å². The zero-order chi connectivity index (χ0) is 18.7. The minimum absolute atomic E-state index is 0.153. The number of hydrogen-bond acceptors (Lipinski definition) is 6. The molecule has 1 fully saturated rings. The molecule has 2 aromatic rings. The molecule has 0 spiro atoms. The second-order valence-corrected chi connectivity index (χ2v) is 8.19. The first-order valence-corrected chi connectivity index (χ1v) is 9.68. The van der Waals surface area contributed by atoms with Crippen molar-refractivity contribution in [1.29, 1.82) is 0 Å². The standard InChI is InChI=1S/C16H21N5O4S/c1-20-10-14(9-19-20)26(23,24)21-6-3-12(4-7-21)11-25-13-2-5-18-15(8-13)16(17)22/h2,5,8-10,12H,3-4,6-7,11H2,1H3,(H2,17,22). The van der Waals surface area contributed by atoms with Gasteiger partial charge in [0.15, 0.2) is 0 Å². The van der Waals surface area contributed by atoms with Crippen LogP contribution >= 0.6 is 0 Å². The SMILES string of the molecule is Cn1cc(S(=O)(=O)N2CCC(COc3ccnc(C(N)=O)c3)CC2)cn1. The van der Waals surface area contributed by atoms with Crippen LogP contribution in [0.5, 0.6) is 5.75 Å². The van der Waals surface area contributed by atoms with E-state index in [9.17, 15) is 13.2 Å². The molecule has 1 saturated heterocycles. The number of ether oxygens (including phenoxy) is 1. The van der Waals surface area contributed by atoms with Crippen molar-refractivity contribution in [3.05, 3.63) is 36.4 Å². The number of nitrogens with zero attached hydrogens (tertiary/aromatic N) is 4. The van der Waals surface area contributed by atoms with Crippen LogP contribution in [0.4, 0.5) is 0 Å². The van der Waals surface area contributed by atoms with Crippen LogP contribution in [0.25, 0.3) is 0 Å². The summed E-state index contributed by atoms with van der Waals surface area (Å²) in [5.41, 5.74) is 5.35. The molecule has 1 aliphatic heterocycles. The largest absolute Gasteiger partial charge is 0.493 e. The lowest BCUT2D eigenvalue weighted by Crippen LogP contribution is -2.39. The van der Waals surface area contributed by atoms with Gasteiger partial charge >= 0.3 is 0 Å². The van der Waals surface area contributed by atoms with Crippen molar-refractivity contribution in [2.45, 2.75) is 17.7 Å². The predicted octanol–water partition coefficient (Wildman–Crippen LogP) is 0.394. The van der Waals surface area contributed by atoms with Crippen molar-refractivity contribution < 1.29 is 17.9 Å². The number of carbonyl (C=O) groups is 1. The van der Waals surface area contributed by atoms with Crippen LogP contribution in [0, 0.1) is 5.92 Å². The van der Waals surface area contributed by atoms with Crippen molar-refractivity contribution in [2.75, 3.05) is 19.7 Å². The minimum atomic E-state index is -3.50. The number of piperidine rings is 1. The molecule has 0 saturated carbocycles. The van der Waals surface area contributed by atoms with Crippen LogP contribution in [-0.4, -0.2) is 53.1 Å². The Labute approximate surface area is 151 Å². The number of primary amides is 1. The highest BCUT2D eigenvalue weighted by Gasteiger charge is 2.30. The number of hydrogen-bond donors (Lipinski definition) is 1. The van der Waals surface area contributed by atoms with Gasteiger partial charge in [-0.05, 0) is 24.8 Å². The number of sulfonamides is 1. The molecular weight excluding hydrogens is 358 g/mol. The fourth-order valence-electron chi connectivity index (χ4n) is 2.85. The van der Waals surface area contributed by atoms with Gasteiger partial charge in [0.05, 0.1) is 12.8 Å². The molecule has 0 aromatic carbocycles. The number of aryl methyl sites for hydroxylation is 1. The number of pyridine rings is 1. The molecule has 2 aromatic heterocycles. The number of amides is 1. The fourth-order valence-corrected chi connectivity index (χ4v) is 4.30. The number of rotatable bonds is 6. The normalized spacial score (nSPS) is 16.5. The van der Waals surface area contributed by atoms with E-state index in [1.54, 1.807) is 13.1 Å². The molecule has 0 radical (unpaired) electrons. The van der Waals surface area contributed by atoms with Gasteiger partial charge in [0, 0.05) is 38.6 Å². The summed E-state index contributed by atoms with van der Waals surface area (Å²) < 4.78 is 33.8. The molecule has 0 atom stereocenters. The molecule has 140 valence electrons. The van der Waals surface area contributed by atoms with Crippen LogP contribution in [0.3, 0.4) is 0 Å². The van der Waals surface area contributed by atoms with Gasteiger partial charge in [0.2, 0.25) is 10.0 Å². The monoisotopic (exact) mass is 379 g/mol. The molecule has 1 aliphatic rings. The Morgan fingerprint density at radius 2 is 2.12 bits per heavy atom. The second kappa shape index (κ2) is 7.42. The van der Waals surface area contributed by atoms with Crippen LogP contribution in [-0.2, 0) is 17.1 Å². The summed E-state index contributed by atoms with van der Waals surface area (Å²) in [5, 5.41) is 3.93. The van der Waals surface area contributed by atoms with E-state index < -0.39 is 15.9 Å². The summed E-state index contributed by atoms with van der Waals surface area (Å²) in [4.78, 5) is 15.2. The third-order valence-electron chi connectivity index (χ3n) is 4.36. The highest BCUT2D eigenvalue weighted by Crippen LogP contribution is 2.24. The number of carbonyl (C=O) groups excluding carboxylic acids is 1. The molecular formula is C16H21N5O4S. The van der Waals surface area contributed by atoms with Gasteiger partial charge in [-0.1, -0.05) is 0 Å². The van der Waals surface area contributed by atoms with Crippen LogP contribution in [0.15, 0.2) is 35.6 Å². The summed E-state index contributed by atoms with van der Waals surface area (Å²) in [7, 11) is -1.81. The third kappa shape index (κ3) is 4.02. The quantitative estimate of drug-likeness (QED) is 0.775. The average Bonchev–Trinajstić information content (AvgIpc) is 3.08. The summed E-state index contributed by atoms with van der Waals surface area (Å²) >= 11 is 0. The average molecular weight is 379 g/mol. The van der Waals surface area contributed by atoms with Crippen molar-refractivity contribution >= 4 is 15.9 Å². The highest BCUT2D eigenvalue weighted by atomic mass is 32.2. The first kappa shape index (κ1) is 18.3. The topological polar surface area (TPSA) is 120 Å². The van der Waals surface area contributed by atoms with Gasteiger partial charge in [-0.25, -0.2) is 8.42 Å². The molecule has 10 heteroatoms. The van der Waals surface area contributed by atoms with E-state index in [1.807, 2.05) is 0 Å². The molecule has 0 unspecified atom stereocenters. The molecule has 0 bridgehead atoms. The highest BCUT2D eigenvalue weighted by molar-refractivity contribution is 7.89. The van der Waals surface area contributed by atoms with E-state index in [1.165, 1.54) is 33.6 Å². The van der Waals surface area contributed by atoms with Gasteiger partial charge in [0.25, 0.3) is 5.91 Å². The van der Waals surface area contributed by atoms with E-state index in [2.05, 4.69) is 10.1 Å². The second-order valence-electron chi connectivity index (χ2n) is 6.25. The van der Waals surface area contributed by atoms with Crippen LogP contribution in [0.2, 0.25) is 0 Å². The molecule has 1 amide bonds. The molecule has 3 heterocycles.